The number of rotatable bonds is 43. The molecule has 1 aromatic rings. The molecule has 1 heterocycles. The average Bonchev–Trinajstić information content (AvgIpc) is 3.31. The molecule has 0 radical (unpaired) electrons. The number of hydrogen-bond acceptors (Lipinski definition) is 9. The Kier molecular flexibility index (Phi) is 36.4. The molecule has 66 heavy (non-hydrogen) atoms. The van der Waals surface area contributed by atoms with Crippen LogP contribution >= 0.6 is 0 Å². The molecule has 5 N–H and O–H groups in total. The fourth-order valence-electron chi connectivity index (χ4n) is 9.13. The molecule has 2 amide bonds. The Hall–Kier alpha value is -2.57. The van der Waals surface area contributed by atoms with Crippen molar-refractivity contribution >= 4 is 17.8 Å². The zero-order valence-electron chi connectivity index (χ0n) is 42.2. The van der Waals surface area contributed by atoms with Gasteiger partial charge in [0, 0.05) is 6.42 Å². The fourth-order valence-corrected chi connectivity index (χ4v) is 9.13. The Morgan fingerprint density at radius 1 is 0.561 bits per heavy atom. The van der Waals surface area contributed by atoms with Gasteiger partial charge >= 0.3 is 5.97 Å². The van der Waals surface area contributed by atoms with E-state index in [1.54, 1.807) is 0 Å². The molecule has 0 saturated carbocycles. The van der Waals surface area contributed by atoms with Crippen molar-refractivity contribution in [2.24, 2.45) is 0 Å². The minimum Gasteiger partial charge on any atom is -0.462 e. The molecule has 1 unspecified atom stereocenters. The average molecular weight is 931 g/mol. The van der Waals surface area contributed by atoms with Crippen molar-refractivity contribution in [2.45, 2.75) is 288 Å². The van der Waals surface area contributed by atoms with Gasteiger partial charge in [-0.25, -0.2) is 0 Å². The molecule has 1 saturated heterocycles. The van der Waals surface area contributed by atoms with Crippen molar-refractivity contribution in [1.82, 2.24) is 10.6 Å². The first-order valence-electron chi connectivity index (χ1n) is 27.3. The minimum atomic E-state index is -1.62. The number of carbonyl (C=O) groups excluding carboxylic acids is 3. The zero-order valence-corrected chi connectivity index (χ0v) is 42.2. The Balaban J connectivity index is 2.03. The maximum absolute atomic E-state index is 13.8. The molecule has 0 bridgehead atoms. The van der Waals surface area contributed by atoms with E-state index in [2.05, 4.69) is 31.4 Å². The molecule has 11 heteroatoms. The molecule has 0 aromatic heterocycles. The second-order valence-electron chi connectivity index (χ2n) is 19.4. The smallest absolute Gasteiger partial charge is 0.306 e. The van der Waals surface area contributed by atoms with E-state index in [4.69, 9.17) is 14.2 Å². The minimum absolute atomic E-state index is 0.0182. The molecule has 1 fully saturated rings. The molecular formula is C55H98N2O9. The van der Waals surface area contributed by atoms with E-state index in [0.29, 0.717) is 25.9 Å². The maximum Gasteiger partial charge on any atom is 0.306 e. The molecule has 2 rings (SSSR count). The van der Waals surface area contributed by atoms with Gasteiger partial charge in [0.1, 0.15) is 24.4 Å². The van der Waals surface area contributed by atoms with Crippen LogP contribution in [0.2, 0.25) is 0 Å². The summed E-state index contributed by atoms with van der Waals surface area (Å²) in [5.41, 5.74) is 1.00. The van der Waals surface area contributed by atoms with Gasteiger partial charge < -0.3 is 40.2 Å². The van der Waals surface area contributed by atoms with Crippen LogP contribution < -0.4 is 10.6 Å². The van der Waals surface area contributed by atoms with E-state index < -0.39 is 55.1 Å². The number of aliphatic hydroxyl groups is 3. The third-order valence-corrected chi connectivity index (χ3v) is 13.3. The number of amides is 2. The topological polar surface area (TPSA) is 164 Å². The van der Waals surface area contributed by atoms with Crippen LogP contribution in [0.1, 0.15) is 245 Å². The predicted octanol–water partition coefficient (Wildman–Crippen LogP) is 11.8. The summed E-state index contributed by atoms with van der Waals surface area (Å²) in [6, 6.07) is 7.44. The monoisotopic (exact) mass is 931 g/mol. The SMILES string of the molecule is CCCCCCCCCCCCCC(=O)O[C@H](CCCCCCCCCCC)CC(=O)N[C@H]1C(O)O[C@H](CO)[C@@H](O)[C@@H]1NC(=O)C[C@@H](CCCCCCCCCCC)OCc1ccccc1. The van der Waals surface area contributed by atoms with Crippen LogP contribution in [-0.4, -0.2) is 82.5 Å². The summed E-state index contributed by atoms with van der Waals surface area (Å²) < 4.78 is 17.8. The summed E-state index contributed by atoms with van der Waals surface area (Å²) in [5, 5.41) is 38.2. The second kappa shape index (κ2) is 40.3. The van der Waals surface area contributed by atoms with Crippen LogP contribution in [0.15, 0.2) is 30.3 Å². The lowest BCUT2D eigenvalue weighted by atomic mass is 9.93. The van der Waals surface area contributed by atoms with Crippen molar-refractivity contribution in [2.75, 3.05) is 6.61 Å². The first-order chi connectivity index (χ1) is 32.2. The van der Waals surface area contributed by atoms with E-state index in [-0.39, 0.29) is 24.9 Å². The van der Waals surface area contributed by atoms with Crippen LogP contribution in [0.3, 0.4) is 0 Å². The lowest BCUT2D eigenvalue weighted by Crippen LogP contribution is -2.69. The normalized spacial score (nSPS) is 19.3. The van der Waals surface area contributed by atoms with Gasteiger partial charge in [0.15, 0.2) is 6.29 Å². The molecule has 11 nitrogen and oxygen atoms in total. The molecule has 382 valence electrons. The van der Waals surface area contributed by atoms with Crippen LogP contribution in [0.4, 0.5) is 0 Å². The number of esters is 1. The number of benzene rings is 1. The highest BCUT2D eigenvalue weighted by atomic mass is 16.6. The number of carbonyl (C=O) groups is 3. The van der Waals surface area contributed by atoms with Gasteiger partial charge in [-0.1, -0.05) is 224 Å². The van der Waals surface area contributed by atoms with Crippen molar-refractivity contribution in [1.29, 1.82) is 0 Å². The zero-order chi connectivity index (χ0) is 47.9. The van der Waals surface area contributed by atoms with Crippen LogP contribution in [0.25, 0.3) is 0 Å². The Labute approximate surface area is 402 Å². The Morgan fingerprint density at radius 2 is 0.970 bits per heavy atom. The van der Waals surface area contributed by atoms with Crippen molar-refractivity contribution in [3.05, 3.63) is 35.9 Å². The molecule has 1 aromatic carbocycles. The standard InChI is InChI=1S/C55H98N2O9/c1-4-7-10-13-16-19-20-23-26-29-35-40-51(61)65-47(39-34-28-25-22-18-15-12-9-6-3)42-50(60)57-53-52(54(62)48(43-58)66-55(53)63)56-49(59)41-46(64-44-45-36-31-30-32-37-45)38-33-27-24-21-17-14-11-8-5-2/h30-32,36-37,46-48,52-55,58,62-63H,4-29,33-35,38-44H2,1-3H3,(H,56,59)(H,57,60)/t46-,47-,48-,52-,53-,54-,55?/m1/s1. The molecule has 0 spiro atoms. The first-order valence-corrected chi connectivity index (χ1v) is 27.3. The lowest BCUT2D eigenvalue weighted by molar-refractivity contribution is -0.231. The molecular weight excluding hydrogens is 833 g/mol. The Morgan fingerprint density at radius 3 is 1.44 bits per heavy atom. The van der Waals surface area contributed by atoms with Crippen LogP contribution in [0, 0.1) is 0 Å². The predicted molar refractivity (Wildman–Crippen MR) is 267 cm³/mol. The number of unbranched alkanes of at least 4 members (excludes halogenated alkanes) is 26. The van der Waals surface area contributed by atoms with Crippen molar-refractivity contribution in [3.8, 4) is 0 Å². The molecule has 0 aliphatic carbocycles. The number of aliphatic hydroxyl groups excluding tert-OH is 3. The van der Waals surface area contributed by atoms with Crippen LogP contribution in [0.5, 0.6) is 0 Å². The van der Waals surface area contributed by atoms with E-state index in [9.17, 15) is 29.7 Å². The van der Waals surface area contributed by atoms with Gasteiger partial charge in [0.25, 0.3) is 0 Å². The fraction of sp³-hybridized carbons (Fsp3) is 0.836. The summed E-state index contributed by atoms with van der Waals surface area (Å²) in [6.07, 6.45) is 30.1. The lowest BCUT2D eigenvalue weighted by Gasteiger charge is -2.43. The van der Waals surface area contributed by atoms with Crippen LogP contribution in [-0.2, 0) is 35.2 Å². The highest BCUT2D eigenvalue weighted by molar-refractivity contribution is 5.79. The van der Waals surface area contributed by atoms with Crippen molar-refractivity contribution in [3.63, 3.8) is 0 Å². The Bertz CT molecular complexity index is 1320. The third-order valence-electron chi connectivity index (χ3n) is 13.3. The third kappa shape index (κ3) is 29.3. The van der Waals surface area contributed by atoms with E-state index >= 15 is 0 Å². The summed E-state index contributed by atoms with van der Waals surface area (Å²) in [7, 11) is 0. The maximum atomic E-state index is 13.8. The molecule has 7 atom stereocenters. The van der Waals surface area contributed by atoms with Gasteiger partial charge in [0.2, 0.25) is 11.8 Å². The highest BCUT2D eigenvalue weighted by Gasteiger charge is 2.46. The number of ether oxygens (including phenoxy) is 3. The first kappa shape index (κ1) is 59.6. The summed E-state index contributed by atoms with van der Waals surface area (Å²) in [4.78, 5) is 40.7. The summed E-state index contributed by atoms with van der Waals surface area (Å²) in [5.74, 6) is -1.20. The molecule has 1 aliphatic heterocycles. The van der Waals surface area contributed by atoms with Gasteiger partial charge in [-0.15, -0.1) is 0 Å². The summed E-state index contributed by atoms with van der Waals surface area (Å²) >= 11 is 0. The van der Waals surface area contributed by atoms with Crippen molar-refractivity contribution < 1.29 is 43.9 Å². The summed E-state index contributed by atoms with van der Waals surface area (Å²) in [6.45, 7) is 6.44. The van der Waals surface area contributed by atoms with E-state index in [1.807, 2.05) is 30.3 Å². The van der Waals surface area contributed by atoms with Gasteiger partial charge in [0.05, 0.1) is 38.2 Å². The van der Waals surface area contributed by atoms with Gasteiger partial charge in [-0.2, -0.15) is 0 Å². The van der Waals surface area contributed by atoms with Gasteiger partial charge in [-0.3, -0.25) is 14.4 Å². The number of nitrogens with one attached hydrogen (secondary N) is 2. The van der Waals surface area contributed by atoms with E-state index in [0.717, 1.165) is 69.8 Å². The number of hydrogen-bond donors (Lipinski definition) is 5. The largest absolute Gasteiger partial charge is 0.462 e. The highest BCUT2D eigenvalue weighted by Crippen LogP contribution is 2.23. The van der Waals surface area contributed by atoms with Gasteiger partial charge in [-0.05, 0) is 31.2 Å². The quantitative estimate of drug-likeness (QED) is 0.0317. The van der Waals surface area contributed by atoms with E-state index in [1.165, 1.54) is 122 Å². The molecule has 1 aliphatic rings. The second-order valence-corrected chi connectivity index (χ2v) is 19.4.